The molecule has 6 rings (SSSR count). The van der Waals surface area contributed by atoms with Gasteiger partial charge in [-0.2, -0.15) is 0 Å². The average Bonchev–Trinajstić information content (AvgIpc) is 3.56. The summed E-state index contributed by atoms with van der Waals surface area (Å²) in [5.74, 6) is -0.868. The molecular formula is C33H33FN4O5S. The van der Waals surface area contributed by atoms with Gasteiger partial charge in [-0.3, -0.25) is 13.9 Å². The Labute approximate surface area is 254 Å². The van der Waals surface area contributed by atoms with Gasteiger partial charge in [0.05, 0.1) is 23.1 Å². The Hall–Kier alpha value is -4.64. The number of piperidine rings is 1. The minimum atomic E-state index is -3.67. The zero-order valence-electron chi connectivity index (χ0n) is 24.9. The topological polar surface area (TPSA) is 105 Å². The molecule has 0 aliphatic carbocycles. The molecule has 3 heterocycles. The summed E-state index contributed by atoms with van der Waals surface area (Å²) in [6, 6.07) is 16.8. The van der Waals surface area contributed by atoms with Gasteiger partial charge >= 0.3 is 0 Å². The summed E-state index contributed by atoms with van der Waals surface area (Å²) >= 11 is 0. The first-order valence-electron chi connectivity index (χ1n) is 14.3. The molecule has 0 spiro atoms. The third kappa shape index (κ3) is 5.11. The molecule has 1 fully saturated rings. The molecule has 1 N–H and O–H groups in total. The van der Waals surface area contributed by atoms with Gasteiger partial charge in [0.25, 0.3) is 11.8 Å². The first-order chi connectivity index (χ1) is 21.0. The Morgan fingerprint density at radius 1 is 1.07 bits per heavy atom. The third-order valence-corrected chi connectivity index (χ3v) is 9.70. The number of furan rings is 1. The van der Waals surface area contributed by atoms with Crippen molar-refractivity contribution in [3.8, 4) is 11.3 Å². The molecule has 1 aliphatic heterocycles. The molecular weight excluding hydrogens is 583 g/mol. The molecule has 1 atom stereocenters. The molecule has 2 amide bonds. The molecule has 9 nitrogen and oxygen atoms in total. The maximum absolute atomic E-state index is 13.9. The number of fused-ring (bicyclic) bond motifs is 2. The standard InChI is InChI=1S/C33H33FN4O5S/c1-35-32(39)30-25-16-24(21-8-7-15-38(18-21)33(40)26-19-36(2)27-10-6-5-9-23(26)27)28(37(3)44(4,41)42)17-29(25)43-31(30)20-11-13-22(34)14-12-20/h5-6,9-14,16-17,19,21H,7-8,15,18H2,1-4H3,(H,35,39)/t21-/m0/s1. The van der Waals surface area contributed by atoms with E-state index in [1.165, 1.54) is 42.7 Å². The fourth-order valence-corrected chi connectivity index (χ4v) is 6.70. The Morgan fingerprint density at radius 3 is 2.50 bits per heavy atom. The number of carbonyl (C=O) groups is 2. The van der Waals surface area contributed by atoms with Crippen LogP contribution in [0.5, 0.6) is 0 Å². The van der Waals surface area contributed by atoms with Crippen LogP contribution in [0, 0.1) is 5.82 Å². The molecule has 2 aromatic heterocycles. The van der Waals surface area contributed by atoms with Crippen LogP contribution in [-0.2, 0) is 17.1 Å². The number of hydrogen-bond donors (Lipinski definition) is 1. The smallest absolute Gasteiger partial charge is 0.256 e. The Bertz CT molecular complexity index is 2030. The van der Waals surface area contributed by atoms with E-state index in [0.29, 0.717) is 52.9 Å². The SMILES string of the molecule is CNC(=O)c1c(-c2ccc(F)cc2)oc2cc(N(C)S(C)(=O)=O)c([C@H]3CCCN(C(=O)c4cn(C)c5ccccc45)C3)cc12. The van der Waals surface area contributed by atoms with E-state index < -0.39 is 21.7 Å². The van der Waals surface area contributed by atoms with Crippen molar-refractivity contribution in [3.05, 3.63) is 89.4 Å². The van der Waals surface area contributed by atoms with E-state index in [4.69, 9.17) is 4.42 Å². The fourth-order valence-electron chi connectivity index (χ4n) is 6.18. The average molecular weight is 617 g/mol. The number of para-hydroxylation sites is 1. The number of likely N-dealkylation sites (tertiary alicyclic amines) is 1. The van der Waals surface area contributed by atoms with Gasteiger partial charge in [-0.15, -0.1) is 0 Å². The minimum absolute atomic E-state index is 0.0847. The lowest BCUT2D eigenvalue weighted by molar-refractivity contribution is 0.0709. The quantitative estimate of drug-likeness (QED) is 0.271. The van der Waals surface area contributed by atoms with Gasteiger partial charge in [0.15, 0.2) is 0 Å². The summed E-state index contributed by atoms with van der Waals surface area (Å²) in [5.41, 5.74) is 3.77. The molecule has 44 heavy (non-hydrogen) atoms. The lowest BCUT2D eigenvalue weighted by Crippen LogP contribution is -2.39. The van der Waals surface area contributed by atoms with Crippen LogP contribution in [-0.4, -0.2) is 63.1 Å². The van der Waals surface area contributed by atoms with E-state index in [9.17, 15) is 22.4 Å². The normalized spacial score (nSPS) is 15.6. The van der Waals surface area contributed by atoms with Gasteiger partial charge in [0, 0.05) is 74.3 Å². The maximum atomic E-state index is 13.9. The minimum Gasteiger partial charge on any atom is -0.455 e. The summed E-state index contributed by atoms with van der Waals surface area (Å²) in [7, 11) is 1.23. The molecule has 1 aliphatic rings. The molecule has 0 radical (unpaired) electrons. The Balaban J connectivity index is 1.48. The number of anilines is 1. The van der Waals surface area contributed by atoms with Crippen molar-refractivity contribution in [2.75, 3.05) is 37.7 Å². The van der Waals surface area contributed by atoms with E-state index in [0.717, 1.165) is 23.6 Å². The maximum Gasteiger partial charge on any atom is 0.256 e. The molecule has 0 saturated carbocycles. The van der Waals surface area contributed by atoms with Gasteiger partial charge in [-0.25, -0.2) is 12.8 Å². The van der Waals surface area contributed by atoms with Gasteiger partial charge in [0.1, 0.15) is 17.2 Å². The van der Waals surface area contributed by atoms with Crippen LogP contribution in [0.2, 0.25) is 0 Å². The van der Waals surface area contributed by atoms with Crippen LogP contribution in [0.4, 0.5) is 10.1 Å². The van der Waals surface area contributed by atoms with E-state index in [1.807, 2.05) is 53.0 Å². The monoisotopic (exact) mass is 616 g/mol. The van der Waals surface area contributed by atoms with Crippen LogP contribution >= 0.6 is 0 Å². The van der Waals surface area contributed by atoms with Gasteiger partial charge < -0.3 is 19.2 Å². The highest BCUT2D eigenvalue weighted by molar-refractivity contribution is 7.92. The van der Waals surface area contributed by atoms with Gasteiger partial charge in [-0.05, 0) is 54.8 Å². The largest absolute Gasteiger partial charge is 0.455 e. The zero-order chi connectivity index (χ0) is 31.3. The number of aryl methyl sites for hydroxylation is 1. The summed E-state index contributed by atoms with van der Waals surface area (Å²) in [6.45, 7) is 0.943. The summed E-state index contributed by atoms with van der Waals surface area (Å²) in [4.78, 5) is 28.9. The Morgan fingerprint density at radius 2 is 1.80 bits per heavy atom. The molecule has 0 unspecified atom stereocenters. The van der Waals surface area contributed by atoms with Crippen LogP contribution in [0.25, 0.3) is 33.2 Å². The second-order valence-corrected chi connectivity index (χ2v) is 13.3. The number of sulfonamides is 1. The summed E-state index contributed by atoms with van der Waals surface area (Å²) < 4.78 is 48.6. The second kappa shape index (κ2) is 11.1. The number of nitrogens with zero attached hydrogens (tertiary/aromatic N) is 3. The van der Waals surface area contributed by atoms with Crippen molar-refractivity contribution in [2.45, 2.75) is 18.8 Å². The van der Waals surface area contributed by atoms with Crippen LogP contribution in [0.1, 0.15) is 45.0 Å². The highest BCUT2D eigenvalue weighted by atomic mass is 32.2. The highest BCUT2D eigenvalue weighted by Gasteiger charge is 2.32. The van der Waals surface area contributed by atoms with Crippen LogP contribution in [0.15, 0.2) is 71.3 Å². The van der Waals surface area contributed by atoms with Gasteiger partial charge in [0.2, 0.25) is 10.0 Å². The van der Waals surface area contributed by atoms with Crippen molar-refractivity contribution in [1.29, 1.82) is 0 Å². The predicted molar refractivity (Wildman–Crippen MR) is 169 cm³/mol. The molecule has 228 valence electrons. The van der Waals surface area contributed by atoms with Crippen molar-refractivity contribution in [1.82, 2.24) is 14.8 Å². The first kappa shape index (κ1) is 29.4. The molecule has 11 heteroatoms. The highest BCUT2D eigenvalue weighted by Crippen LogP contribution is 2.42. The number of carbonyl (C=O) groups excluding carboxylic acids is 2. The number of benzene rings is 3. The Kier molecular flexibility index (Phi) is 7.44. The first-order valence-corrected chi connectivity index (χ1v) is 16.2. The summed E-state index contributed by atoms with van der Waals surface area (Å²) in [5, 5.41) is 4.04. The number of rotatable bonds is 6. The number of hydrogen-bond acceptors (Lipinski definition) is 5. The van der Waals surface area contributed by atoms with Crippen molar-refractivity contribution >= 4 is 49.4 Å². The number of amides is 2. The van der Waals surface area contributed by atoms with Crippen molar-refractivity contribution in [2.24, 2.45) is 7.05 Å². The summed E-state index contributed by atoms with van der Waals surface area (Å²) in [6.07, 6.45) is 4.41. The second-order valence-electron chi connectivity index (χ2n) is 11.3. The lowest BCUT2D eigenvalue weighted by Gasteiger charge is -2.35. The molecule has 3 aromatic carbocycles. The zero-order valence-corrected chi connectivity index (χ0v) is 25.7. The number of nitrogens with one attached hydrogen (secondary N) is 1. The van der Waals surface area contributed by atoms with Crippen LogP contribution in [0.3, 0.4) is 0 Å². The molecule has 1 saturated heterocycles. The van der Waals surface area contributed by atoms with E-state index in [2.05, 4.69) is 5.32 Å². The van der Waals surface area contributed by atoms with E-state index >= 15 is 0 Å². The molecule has 0 bridgehead atoms. The van der Waals surface area contributed by atoms with Crippen molar-refractivity contribution in [3.63, 3.8) is 0 Å². The number of aromatic nitrogens is 1. The molecule has 5 aromatic rings. The fraction of sp³-hybridized carbons (Fsp3) is 0.273. The van der Waals surface area contributed by atoms with E-state index in [-0.39, 0.29) is 23.1 Å². The lowest BCUT2D eigenvalue weighted by atomic mass is 9.87. The number of halogens is 1. The van der Waals surface area contributed by atoms with Crippen LogP contribution < -0.4 is 9.62 Å². The predicted octanol–water partition coefficient (Wildman–Crippen LogP) is 5.51. The third-order valence-electron chi connectivity index (χ3n) is 8.51. The van der Waals surface area contributed by atoms with Crippen molar-refractivity contribution < 1.29 is 26.8 Å². The van der Waals surface area contributed by atoms with Gasteiger partial charge in [-0.1, -0.05) is 18.2 Å². The van der Waals surface area contributed by atoms with E-state index in [1.54, 1.807) is 6.07 Å².